The number of nitrogens with one attached hydrogen (secondary N) is 2. The maximum atomic E-state index is 9.26. The molecule has 0 aliphatic rings. The van der Waals surface area contributed by atoms with E-state index in [9.17, 15) is 5.11 Å². The number of phenolic OH excluding ortho intramolecular Hbond substituents is 1. The maximum absolute atomic E-state index is 9.26. The van der Waals surface area contributed by atoms with Gasteiger partial charge in [0.15, 0.2) is 5.84 Å². The number of hydrogen-bond donors (Lipinski definition) is 4. The van der Waals surface area contributed by atoms with Crippen LogP contribution in [0, 0.1) is 16.7 Å². The molecule has 0 aliphatic carbocycles. The molecule has 0 aromatic heterocycles. The van der Waals surface area contributed by atoms with Gasteiger partial charge < -0.3 is 10.8 Å². The van der Waals surface area contributed by atoms with E-state index in [-0.39, 0.29) is 17.3 Å². The molecule has 2 aromatic carbocycles. The zero-order valence-corrected chi connectivity index (χ0v) is 12.5. The van der Waals surface area contributed by atoms with Crippen LogP contribution >= 0.6 is 0 Å². The summed E-state index contributed by atoms with van der Waals surface area (Å²) >= 11 is 0. The lowest BCUT2D eigenvalue weighted by atomic mass is 10.0. The van der Waals surface area contributed by atoms with Crippen LogP contribution in [0.2, 0.25) is 0 Å². The van der Waals surface area contributed by atoms with Crippen LogP contribution in [0.25, 0.3) is 0 Å². The summed E-state index contributed by atoms with van der Waals surface area (Å²) in [5, 5.41) is 29.0. The summed E-state index contributed by atoms with van der Waals surface area (Å²) < 4.78 is 0. The minimum atomic E-state index is -0.370. The largest absolute Gasteiger partial charge is 0.508 e. The van der Waals surface area contributed by atoms with Gasteiger partial charge in [-0.25, -0.2) is 0 Å². The van der Waals surface area contributed by atoms with Gasteiger partial charge in [-0.15, -0.1) is 0 Å². The van der Waals surface area contributed by atoms with Crippen molar-refractivity contribution in [2.24, 2.45) is 10.8 Å². The van der Waals surface area contributed by atoms with E-state index in [0.29, 0.717) is 5.69 Å². The van der Waals surface area contributed by atoms with Gasteiger partial charge in [-0.2, -0.15) is 10.4 Å². The van der Waals surface area contributed by atoms with Crippen LogP contribution in [-0.4, -0.2) is 16.7 Å². The fourth-order valence-electron chi connectivity index (χ4n) is 1.96. The number of phenols is 1. The molecule has 0 radical (unpaired) electrons. The topological polar surface area (TPSA) is 118 Å². The molecule has 0 atom stereocenters. The molecule has 2 rings (SSSR count). The Bertz CT molecular complexity index is 742. The van der Waals surface area contributed by atoms with E-state index in [2.05, 4.69) is 10.5 Å². The van der Waals surface area contributed by atoms with E-state index in [0.717, 1.165) is 18.4 Å². The highest BCUT2D eigenvalue weighted by Crippen LogP contribution is 2.14. The molecule has 23 heavy (non-hydrogen) atoms. The van der Waals surface area contributed by atoms with E-state index in [1.807, 2.05) is 36.4 Å². The van der Waals surface area contributed by atoms with Crippen LogP contribution < -0.4 is 11.2 Å². The van der Waals surface area contributed by atoms with Crippen LogP contribution in [0.1, 0.15) is 11.1 Å². The first kappa shape index (κ1) is 16.0. The smallest absolute Gasteiger partial charge is 0.201 e. The zero-order valence-electron chi connectivity index (χ0n) is 12.5. The molecule has 5 N–H and O–H groups in total. The molecule has 0 fully saturated rings. The molecule has 0 bridgehead atoms. The molecule has 6 nitrogen and oxygen atoms in total. The SMILES string of the molecule is N#C/C(=N\Nc1ccc(CCc2ccc(O)cc2)cc1)C(=N)N. The van der Waals surface area contributed by atoms with E-state index in [1.54, 1.807) is 18.2 Å². The van der Waals surface area contributed by atoms with E-state index in [4.69, 9.17) is 16.4 Å². The van der Waals surface area contributed by atoms with Crippen molar-refractivity contribution in [3.63, 3.8) is 0 Å². The second-order valence-corrected chi connectivity index (χ2v) is 4.96. The molecular weight excluding hydrogens is 290 g/mol. The Morgan fingerprint density at radius 3 is 2.09 bits per heavy atom. The maximum Gasteiger partial charge on any atom is 0.201 e. The molecule has 0 aliphatic heterocycles. The number of nitrogens with two attached hydrogens (primary N) is 1. The highest BCUT2D eigenvalue weighted by atomic mass is 16.3. The minimum Gasteiger partial charge on any atom is -0.508 e. The van der Waals surface area contributed by atoms with Gasteiger partial charge in [-0.05, 0) is 48.2 Å². The van der Waals surface area contributed by atoms with Crippen molar-refractivity contribution >= 4 is 17.2 Å². The summed E-state index contributed by atoms with van der Waals surface area (Å²) in [6.07, 6.45) is 1.76. The lowest BCUT2D eigenvalue weighted by molar-refractivity contribution is 0.475. The first-order valence-electron chi connectivity index (χ1n) is 7.03. The lowest BCUT2D eigenvalue weighted by Gasteiger charge is -2.05. The first-order valence-corrected chi connectivity index (χ1v) is 7.03. The third-order valence-corrected chi connectivity index (χ3v) is 3.25. The number of anilines is 1. The van der Waals surface area contributed by atoms with E-state index < -0.39 is 0 Å². The van der Waals surface area contributed by atoms with E-state index >= 15 is 0 Å². The third-order valence-electron chi connectivity index (χ3n) is 3.25. The number of hydrogen-bond acceptors (Lipinski definition) is 5. The normalized spacial score (nSPS) is 10.8. The Morgan fingerprint density at radius 1 is 1.09 bits per heavy atom. The number of aryl methyl sites for hydroxylation is 2. The van der Waals surface area contributed by atoms with Crippen LogP contribution in [0.4, 0.5) is 5.69 Å². The number of nitrogens with zero attached hydrogens (tertiary/aromatic N) is 2. The Balaban J connectivity index is 1.93. The highest BCUT2D eigenvalue weighted by Gasteiger charge is 2.01. The summed E-state index contributed by atoms with van der Waals surface area (Å²) in [4.78, 5) is 0. The summed E-state index contributed by atoms with van der Waals surface area (Å²) in [5.74, 6) is -0.0995. The Hall–Kier alpha value is -3.33. The molecule has 0 saturated carbocycles. The van der Waals surface area contributed by atoms with Crippen molar-refractivity contribution in [1.82, 2.24) is 0 Å². The first-order chi connectivity index (χ1) is 11.1. The quantitative estimate of drug-likeness (QED) is 0.372. The zero-order chi connectivity index (χ0) is 16.7. The van der Waals surface area contributed by atoms with Gasteiger partial charge in [0.1, 0.15) is 11.8 Å². The van der Waals surface area contributed by atoms with Crippen molar-refractivity contribution in [2.75, 3.05) is 5.43 Å². The molecule has 0 heterocycles. The Labute approximate surface area is 134 Å². The van der Waals surface area contributed by atoms with Crippen molar-refractivity contribution in [3.05, 3.63) is 59.7 Å². The molecule has 0 unspecified atom stereocenters. The van der Waals surface area contributed by atoms with Gasteiger partial charge in [-0.1, -0.05) is 24.3 Å². The van der Waals surface area contributed by atoms with Crippen molar-refractivity contribution < 1.29 is 5.11 Å². The Kier molecular flexibility index (Phi) is 5.31. The molecule has 6 heteroatoms. The van der Waals surface area contributed by atoms with Gasteiger partial charge in [0.05, 0.1) is 5.69 Å². The van der Waals surface area contributed by atoms with Gasteiger partial charge in [-0.3, -0.25) is 10.8 Å². The number of nitriles is 1. The predicted octanol–water partition coefficient (Wildman–Crippen LogP) is 2.40. The summed E-state index contributed by atoms with van der Waals surface area (Å²) in [6, 6.07) is 16.6. The predicted molar refractivity (Wildman–Crippen MR) is 90.5 cm³/mol. The van der Waals surface area contributed by atoms with Gasteiger partial charge in [0.2, 0.25) is 5.71 Å². The number of benzene rings is 2. The van der Waals surface area contributed by atoms with Gasteiger partial charge in [0.25, 0.3) is 0 Å². The molecule has 0 spiro atoms. The standard InChI is InChI=1S/C17H17N5O/c18-11-16(17(19)20)22-21-14-7-3-12(4-8-14)1-2-13-5-9-15(23)10-6-13/h3-10,21,23H,1-2H2,(H3,19,20)/b22-16+. The average molecular weight is 307 g/mol. The van der Waals surface area contributed by atoms with Gasteiger partial charge in [0, 0.05) is 0 Å². The summed E-state index contributed by atoms with van der Waals surface area (Å²) in [5.41, 5.74) is 10.8. The molecule has 116 valence electrons. The Morgan fingerprint density at radius 2 is 1.61 bits per heavy atom. The summed E-state index contributed by atoms with van der Waals surface area (Å²) in [7, 11) is 0. The van der Waals surface area contributed by atoms with Gasteiger partial charge >= 0.3 is 0 Å². The molecule has 2 aromatic rings. The fraction of sp³-hybridized carbons (Fsp3) is 0.118. The monoisotopic (exact) mass is 307 g/mol. The second kappa shape index (κ2) is 7.61. The number of aromatic hydroxyl groups is 1. The highest BCUT2D eigenvalue weighted by molar-refractivity contribution is 6.45. The molecular formula is C17H17N5O. The van der Waals surface area contributed by atoms with Crippen LogP contribution in [0.5, 0.6) is 5.75 Å². The lowest BCUT2D eigenvalue weighted by Crippen LogP contribution is -2.21. The number of rotatable bonds is 6. The van der Waals surface area contributed by atoms with Crippen molar-refractivity contribution in [1.29, 1.82) is 10.7 Å². The minimum absolute atomic E-state index is 0.151. The van der Waals surface area contributed by atoms with E-state index in [1.165, 1.54) is 5.56 Å². The third kappa shape index (κ3) is 4.86. The number of amidine groups is 1. The number of hydrazone groups is 1. The average Bonchev–Trinajstić information content (AvgIpc) is 2.56. The summed E-state index contributed by atoms with van der Waals surface area (Å²) in [6.45, 7) is 0. The van der Waals surface area contributed by atoms with Crippen molar-refractivity contribution in [2.45, 2.75) is 12.8 Å². The van der Waals surface area contributed by atoms with Crippen LogP contribution in [0.3, 0.4) is 0 Å². The fourth-order valence-corrected chi connectivity index (χ4v) is 1.96. The molecule has 0 amide bonds. The van der Waals surface area contributed by atoms with Crippen LogP contribution in [0.15, 0.2) is 53.6 Å². The second-order valence-electron chi connectivity index (χ2n) is 4.96. The van der Waals surface area contributed by atoms with Crippen LogP contribution in [-0.2, 0) is 12.8 Å². The van der Waals surface area contributed by atoms with Crippen molar-refractivity contribution in [3.8, 4) is 11.8 Å². The molecule has 0 saturated heterocycles.